The van der Waals surface area contributed by atoms with Crippen LogP contribution in [0.4, 0.5) is 0 Å². The van der Waals surface area contributed by atoms with Gasteiger partial charge >= 0.3 is 0 Å². The third-order valence-corrected chi connectivity index (χ3v) is 3.05. The van der Waals surface area contributed by atoms with Crippen LogP contribution >= 0.6 is 15.9 Å². The van der Waals surface area contributed by atoms with Crippen LogP contribution in [0.15, 0.2) is 53.1 Å². The standard InChI is InChI=1S/C13H10BrN5/c14-11-6-7-12(15-8-11)9-19-17-13(16-18-19)10-4-2-1-3-5-10/h1-8H,9H2. The van der Waals surface area contributed by atoms with Crippen molar-refractivity contribution >= 4 is 15.9 Å². The molecule has 3 rings (SSSR count). The van der Waals surface area contributed by atoms with Gasteiger partial charge in [0.15, 0.2) is 0 Å². The average molecular weight is 316 g/mol. The van der Waals surface area contributed by atoms with Gasteiger partial charge in [0, 0.05) is 16.2 Å². The van der Waals surface area contributed by atoms with Crippen molar-refractivity contribution in [3.05, 3.63) is 58.8 Å². The van der Waals surface area contributed by atoms with Crippen molar-refractivity contribution in [2.45, 2.75) is 6.54 Å². The molecule has 0 atom stereocenters. The SMILES string of the molecule is Brc1ccc(Cn2nnc(-c3ccccc3)n2)nc1. The number of pyridine rings is 1. The molecule has 0 unspecified atom stereocenters. The van der Waals surface area contributed by atoms with Crippen molar-refractivity contribution in [3.8, 4) is 11.4 Å². The quantitative estimate of drug-likeness (QED) is 0.745. The van der Waals surface area contributed by atoms with E-state index in [1.54, 1.807) is 11.0 Å². The minimum atomic E-state index is 0.507. The van der Waals surface area contributed by atoms with Crippen LogP contribution in [-0.2, 0) is 6.54 Å². The zero-order chi connectivity index (χ0) is 13.1. The summed E-state index contributed by atoms with van der Waals surface area (Å²) >= 11 is 3.35. The van der Waals surface area contributed by atoms with E-state index in [0.717, 1.165) is 15.7 Å². The number of hydrogen-bond donors (Lipinski definition) is 0. The Morgan fingerprint density at radius 1 is 1.05 bits per heavy atom. The molecule has 0 spiro atoms. The Balaban J connectivity index is 1.80. The fraction of sp³-hybridized carbons (Fsp3) is 0.0769. The molecular formula is C13H10BrN5. The van der Waals surface area contributed by atoms with Gasteiger partial charge in [-0.25, -0.2) is 0 Å². The summed E-state index contributed by atoms with van der Waals surface area (Å²) < 4.78 is 0.952. The Labute approximate surface area is 118 Å². The van der Waals surface area contributed by atoms with Crippen LogP contribution in [-0.4, -0.2) is 25.2 Å². The van der Waals surface area contributed by atoms with E-state index in [-0.39, 0.29) is 0 Å². The third-order valence-electron chi connectivity index (χ3n) is 2.58. The first kappa shape index (κ1) is 12.0. The van der Waals surface area contributed by atoms with Crippen LogP contribution in [0.2, 0.25) is 0 Å². The number of rotatable bonds is 3. The zero-order valence-electron chi connectivity index (χ0n) is 9.94. The summed E-state index contributed by atoms with van der Waals surface area (Å²) in [4.78, 5) is 5.82. The zero-order valence-corrected chi connectivity index (χ0v) is 11.5. The van der Waals surface area contributed by atoms with Gasteiger partial charge in [-0.2, -0.15) is 4.80 Å². The first-order chi connectivity index (χ1) is 9.31. The normalized spacial score (nSPS) is 10.6. The van der Waals surface area contributed by atoms with Gasteiger partial charge in [0.1, 0.15) is 6.54 Å². The monoisotopic (exact) mass is 315 g/mol. The van der Waals surface area contributed by atoms with Gasteiger partial charge in [-0.15, -0.1) is 10.2 Å². The highest BCUT2D eigenvalue weighted by Gasteiger charge is 2.06. The number of tetrazole rings is 1. The van der Waals surface area contributed by atoms with Gasteiger partial charge in [0.05, 0.1) is 5.69 Å². The smallest absolute Gasteiger partial charge is 0.204 e. The number of aromatic nitrogens is 5. The second kappa shape index (κ2) is 5.27. The van der Waals surface area contributed by atoms with Crippen molar-refractivity contribution in [2.24, 2.45) is 0 Å². The van der Waals surface area contributed by atoms with Gasteiger partial charge in [-0.05, 0) is 33.3 Å². The van der Waals surface area contributed by atoms with E-state index in [2.05, 4.69) is 36.3 Å². The van der Waals surface area contributed by atoms with Crippen LogP contribution in [0.5, 0.6) is 0 Å². The molecule has 0 radical (unpaired) electrons. The molecule has 0 N–H and O–H groups in total. The lowest BCUT2D eigenvalue weighted by atomic mass is 10.2. The first-order valence-corrected chi connectivity index (χ1v) is 6.54. The maximum atomic E-state index is 4.34. The molecular weight excluding hydrogens is 306 g/mol. The number of hydrogen-bond acceptors (Lipinski definition) is 4. The second-order valence-corrected chi connectivity index (χ2v) is 4.89. The summed E-state index contributed by atoms with van der Waals surface area (Å²) in [6.45, 7) is 0.507. The molecule has 0 bridgehead atoms. The van der Waals surface area contributed by atoms with E-state index >= 15 is 0 Å². The number of halogens is 1. The van der Waals surface area contributed by atoms with Crippen molar-refractivity contribution in [1.29, 1.82) is 0 Å². The molecule has 0 fully saturated rings. The Morgan fingerprint density at radius 2 is 1.89 bits per heavy atom. The summed E-state index contributed by atoms with van der Waals surface area (Å²) in [6, 6.07) is 13.6. The Hall–Kier alpha value is -2.08. The van der Waals surface area contributed by atoms with Crippen LogP contribution in [0.1, 0.15) is 5.69 Å². The van der Waals surface area contributed by atoms with E-state index in [9.17, 15) is 0 Å². The van der Waals surface area contributed by atoms with E-state index < -0.39 is 0 Å². The lowest BCUT2D eigenvalue weighted by molar-refractivity contribution is 0.564. The lowest BCUT2D eigenvalue weighted by Crippen LogP contribution is -2.05. The molecule has 0 saturated heterocycles. The molecule has 2 heterocycles. The minimum absolute atomic E-state index is 0.507. The van der Waals surface area contributed by atoms with Crippen molar-refractivity contribution in [1.82, 2.24) is 25.2 Å². The third kappa shape index (κ3) is 2.85. The minimum Gasteiger partial charge on any atom is -0.258 e. The molecule has 94 valence electrons. The molecule has 0 aliphatic rings. The second-order valence-electron chi connectivity index (χ2n) is 3.98. The van der Waals surface area contributed by atoms with Crippen molar-refractivity contribution in [2.75, 3.05) is 0 Å². The molecule has 2 aromatic heterocycles. The van der Waals surface area contributed by atoms with Crippen molar-refractivity contribution in [3.63, 3.8) is 0 Å². The molecule has 19 heavy (non-hydrogen) atoms. The Kier molecular flexibility index (Phi) is 3.33. The summed E-state index contributed by atoms with van der Waals surface area (Å²) in [5.74, 6) is 0.623. The highest BCUT2D eigenvalue weighted by atomic mass is 79.9. The van der Waals surface area contributed by atoms with E-state index in [4.69, 9.17) is 0 Å². The fourth-order valence-electron chi connectivity index (χ4n) is 1.66. The van der Waals surface area contributed by atoms with Gasteiger partial charge in [-0.3, -0.25) is 4.98 Å². The first-order valence-electron chi connectivity index (χ1n) is 5.75. The topological polar surface area (TPSA) is 56.5 Å². The van der Waals surface area contributed by atoms with Gasteiger partial charge in [-0.1, -0.05) is 30.3 Å². The predicted molar refractivity (Wildman–Crippen MR) is 74.3 cm³/mol. The van der Waals surface area contributed by atoms with Gasteiger partial charge in [0.25, 0.3) is 0 Å². The molecule has 0 aliphatic carbocycles. The molecule has 0 aliphatic heterocycles. The molecule has 6 heteroatoms. The predicted octanol–water partition coefficient (Wildman–Crippen LogP) is 2.55. The molecule has 1 aromatic carbocycles. The van der Waals surface area contributed by atoms with Crippen LogP contribution in [0.25, 0.3) is 11.4 Å². The molecule has 5 nitrogen and oxygen atoms in total. The summed E-state index contributed by atoms with van der Waals surface area (Å²) in [7, 11) is 0. The fourth-order valence-corrected chi connectivity index (χ4v) is 1.89. The number of benzene rings is 1. The Bertz CT molecular complexity index is 663. The summed E-state index contributed by atoms with van der Waals surface area (Å²) in [5, 5.41) is 12.4. The Morgan fingerprint density at radius 3 is 2.63 bits per heavy atom. The maximum Gasteiger partial charge on any atom is 0.204 e. The van der Waals surface area contributed by atoms with Gasteiger partial charge < -0.3 is 0 Å². The summed E-state index contributed by atoms with van der Waals surface area (Å²) in [5.41, 5.74) is 1.85. The number of nitrogens with zero attached hydrogens (tertiary/aromatic N) is 5. The highest BCUT2D eigenvalue weighted by molar-refractivity contribution is 9.10. The van der Waals surface area contributed by atoms with E-state index in [1.807, 2.05) is 42.5 Å². The van der Waals surface area contributed by atoms with Crippen LogP contribution in [0.3, 0.4) is 0 Å². The van der Waals surface area contributed by atoms with E-state index in [1.165, 1.54) is 0 Å². The van der Waals surface area contributed by atoms with Crippen LogP contribution in [0, 0.1) is 0 Å². The van der Waals surface area contributed by atoms with Crippen molar-refractivity contribution < 1.29 is 0 Å². The maximum absolute atomic E-state index is 4.34. The van der Waals surface area contributed by atoms with E-state index in [0.29, 0.717) is 12.4 Å². The highest BCUT2D eigenvalue weighted by Crippen LogP contribution is 2.12. The largest absolute Gasteiger partial charge is 0.258 e. The van der Waals surface area contributed by atoms with Gasteiger partial charge in [0.2, 0.25) is 5.82 Å². The lowest BCUT2D eigenvalue weighted by Gasteiger charge is -1.98. The average Bonchev–Trinajstić information content (AvgIpc) is 2.91. The molecule has 3 aromatic rings. The molecule has 0 amide bonds. The molecule has 0 saturated carbocycles. The van der Waals surface area contributed by atoms with Crippen LogP contribution < -0.4 is 0 Å². The summed E-state index contributed by atoms with van der Waals surface area (Å²) in [6.07, 6.45) is 1.75.